The van der Waals surface area contributed by atoms with Crippen molar-refractivity contribution in [2.24, 2.45) is 0 Å². The lowest BCUT2D eigenvalue weighted by molar-refractivity contribution is -0.0587. The van der Waals surface area contributed by atoms with Gasteiger partial charge in [0.1, 0.15) is 5.56 Å². The van der Waals surface area contributed by atoms with Crippen molar-refractivity contribution in [2.75, 3.05) is 6.61 Å². The molecule has 0 aliphatic carbocycles. The van der Waals surface area contributed by atoms with E-state index in [-0.39, 0.29) is 22.6 Å². The molecule has 1 aromatic carbocycles. The van der Waals surface area contributed by atoms with Crippen LogP contribution >= 0.6 is 0 Å². The Labute approximate surface area is 137 Å². The number of benzene rings is 1. The molecule has 7 heteroatoms. The molecule has 0 saturated heterocycles. The number of imide groups is 1. The van der Waals surface area contributed by atoms with Gasteiger partial charge in [0.05, 0.1) is 17.7 Å². The predicted octanol–water partition coefficient (Wildman–Crippen LogP) is 2.16. The highest BCUT2D eigenvalue weighted by atomic mass is 16.7. The molecule has 1 aromatic heterocycles. The number of amides is 2. The highest BCUT2D eigenvalue weighted by molar-refractivity contribution is 6.21. The van der Waals surface area contributed by atoms with Crippen LogP contribution < -0.4 is 4.74 Å². The molecule has 0 atom stereocenters. The summed E-state index contributed by atoms with van der Waals surface area (Å²) in [6.07, 6.45) is 0. The minimum absolute atomic E-state index is 0.0407. The summed E-state index contributed by atoms with van der Waals surface area (Å²) in [5.41, 5.74) is 1.10. The van der Waals surface area contributed by atoms with Gasteiger partial charge < -0.3 is 9.57 Å². The van der Waals surface area contributed by atoms with Crippen LogP contribution in [-0.2, 0) is 4.84 Å². The SMILES string of the molecule is CCOc1nc(C)ccc1C(=O)ON1C(=O)c2ccccc2C1=O. The first kappa shape index (κ1) is 15.7. The third-order valence-corrected chi connectivity index (χ3v) is 3.43. The first-order valence-corrected chi connectivity index (χ1v) is 7.33. The number of aromatic nitrogens is 1. The number of hydrogen-bond donors (Lipinski definition) is 0. The van der Waals surface area contributed by atoms with Crippen molar-refractivity contribution in [1.82, 2.24) is 10.0 Å². The third kappa shape index (κ3) is 2.60. The molecule has 2 aromatic rings. The van der Waals surface area contributed by atoms with Crippen LogP contribution in [0.1, 0.15) is 43.7 Å². The Hall–Kier alpha value is -3.22. The number of pyridine rings is 1. The molecule has 0 bridgehead atoms. The summed E-state index contributed by atoms with van der Waals surface area (Å²) in [6, 6.07) is 9.36. The summed E-state index contributed by atoms with van der Waals surface area (Å²) >= 11 is 0. The van der Waals surface area contributed by atoms with Crippen LogP contribution in [0.3, 0.4) is 0 Å². The van der Waals surface area contributed by atoms with E-state index >= 15 is 0 Å². The van der Waals surface area contributed by atoms with Gasteiger partial charge >= 0.3 is 5.97 Å². The summed E-state index contributed by atoms with van der Waals surface area (Å²) in [5, 5.41) is 0.461. The fraction of sp³-hybridized carbons (Fsp3) is 0.176. The van der Waals surface area contributed by atoms with Crippen LogP contribution in [0.4, 0.5) is 0 Å². The fourth-order valence-corrected chi connectivity index (χ4v) is 2.32. The molecule has 3 rings (SSSR count). The molecule has 1 aliphatic rings. The summed E-state index contributed by atoms with van der Waals surface area (Å²) < 4.78 is 5.32. The highest BCUT2D eigenvalue weighted by Gasteiger charge is 2.39. The largest absolute Gasteiger partial charge is 0.477 e. The van der Waals surface area contributed by atoms with Gasteiger partial charge in [0.25, 0.3) is 11.8 Å². The predicted molar refractivity (Wildman–Crippen MR) is 82.5 cm³/mol. The topological polar surface area (TPSA) is 85.8 Å². The fourth-order valence-electron chi connectivity index (χ4n) is 2.32. The number of fused-ring (bicyclic) bond motifs is 1. The second-order valence-corrected chi connectivity index (χ2v) is 5.07. The number of nitrogens with zero attached hydrogens (tertiary/aromatic N) is 2. The first-order chi connectivity index (χ1) is 11.5. The molecule has 24 heavy (non-hydrogen) atoms. The Morgan fingerprint density at radius 2 is 1.71 bits per heavy atom. The van der Waals surface area contributed by atoms with Crippen LogP contribution in [0, 0.1) is 6.92 Å². The van der Waals surface area contributed by atoms with E-state index in [9.17, 15) is 14.4 Å². The Morgan fingerprint density at radius 1 is 1.08 bits per heavy atom. The van der Waals surface area contributed by atoms with E-state index in [1.807, 2.05) is 0 Å². The van der Waals surface area contributed by atoms with E-state index in [0.29, 0.717) is 17.4 Å². The quantitative estimate of drug-likeness (QED) is 0.800. The average Bonchev–Trinajstić information content (AvgIpc) is 2.81. The minimum atomic E-state index is -0.888. The summed E-state index contributed by atoms with van der Waals surface area (Å²) in [6.45, 7) is 3.81. The van der Waals surface area contributed by atoms with Crippen molar-refractivity contribution in [3.63, 3.8) is 0 Å². The number of hydrogen-bond acceptors (Lipinski definition) is 6. The zero-order chi connectivity index (χ0) is 17.3. The van der Waals surface area contributed by atoms with Crippen molar-refractivity contribution in [2.45, 2.75) is 13.8 Å². The van der Waals surface area contributed by atoms with E-state index in [2.05, 4.69) is 4.98 Å². The number of aryl methyl sites for hydroxylation is 1. The highest BCUT2D eigenvalue weighted by Crippen LogP contribution is 2.24. The second-order valence-electron chi connectivity index (χ2n) is 5.07. The molecular formula is C17H14N2O5. The van der Waals surface area contributed by atoms with Gasteiger partial charge in [0, 0.05) is 5.69 Å². The number of carbonyl (C=O) groups is 3. The molecule has 0 saturated carbocycles. The van der Waals surface area contributed by atoms with Gasteiger partial charge in [0.2, 0.25) is 5.88 Å². The Balaban J connectivity index is 1.87. The summed E-state index contributed by atoms with van der Waals surface area (Å²) in [4.78, 5) is 45.9. The van der Waals surface area contributed by atoms with Gasteiger partial charge in [-0.3, -0.25) is 9.59 Å². The van der Waals surface area contributed by atoms with Gasteiger partial charge in [0.15, 0.2) is 0 Å². The molecular weight excluding hydrogens is 312 g/mol. The zero-order valence-electron chi connectivity index (χ0n) is 13.1. The van der Waals surface area contributed by atoms with Gasteiger partial charge in [-0.2, -0.15) is 0 Å². The lowest BCUT2D eigenvalue weighted by Crippen LogP contribution is -2.32. The van der Waals surface area contributed by atoms with Gasteiger partial charge in [-0.05, 0) is 38.1 Å². The van der Waals surface area contributed by atoms with E-state index in [4.69, 9.17) is 9.57 Å². The molecule has 0 unspecified atom stereocenters. The number of carbonyl (C=O) groups excluding carboxylic acids is 3. The van der Waals surface area contributed by atoms with Gasteiger partial charge in [-0.25, -0.2) is 9.78 Å². The van der Waals surface area contributed by atoms with Gasteiger partial charge in [-0.15, -0.1) is 0 Å². The van der Waals surface area contributed by atoms with Crippen molar-refractivity contribution in [3.05, 3.63) is 58.8 Å². The molecule has 7 nitrogen and oxygen atoms in total. The smallest absolute Gasteiger partial charge is 0.369 e. The maximum Gasteiger partial charge on any atom is 0.369 e. The lowest BCUT2D eigenvalue weighted by Gasteiger charge is -2.14. The monoisotopic (exact) mass is 326 g/mol. The van der Waals surface area contributed by atoms with Crippen LogP contribution in [0.5, 0.6) is 5.88 Å². The van der Waals surface area contributed by atoms with Crippen LogP contribution in [0.25, 0.3) is 0 Å². The maximum absolute atomic E-state index is 12.4. The Morgan fingerprint density at radius 3 is 2.29 bits per heavy atom. The molecule has 0 spiro atoms. The number of ether oxygens (including phenoxy) is 1. The molecule has 0 radical (unpaired) electrons. The second kappa shape index (κ2) is 6.11. The molecule has 0 fully saturated rings. The van der Waals surface area contributed by atoms with E-state index < -0.39 is 17.8 Å². The van der Waals surface area contributed by atoms with Crippen molar-refractivity contribution < 1.29 is 24.0 Å². The first-order valence-electron chi connectivity index (χ1n) is 7.33. The normalized spacial score (nSPS) is 13.0. The van der Waals surface area contributed by atoms with Crippen molar-refractivity contribution in [1.29, 1.82) is 0 Å². The maximum atomic E-state index is 12.4. The molecule has 1 aliphatic heterocycles. The standard InChI is InChI=1S/C17H14N2O5/c1-3-23-14-13(9-8-10(2)18-14)17(22)24-19-15(20)11-6-4-5-7-12(11)16(19)21/h4-9H,3H2,1-2H3. The third-order valence-electron chi connectivity index (χ3n) is 3.43. The van der Waals surface area contributed by atoms with E-state index in [1.165, 1.54) is 18.2 Å². The minimum Gasteiger partial charge on any atom is -0.477 e. The van der Waals surface area contributed by atoms with Crippen molar-refractivity contribution >= 4 is 17.8 Å². The Kier molecular flexibility index (Phi) is 3.99. The van der Waals surface area contributed by atoms with E-state index in [1.54, 1.807) is 32.0 Å². The summed E-state index contributed by atoms with van der Waals surface area (Å²) in [7, 11) is 0. The molecule has 2 amide bonds. The molecule has 122 valence electrons. The van der Waals surface area contributed by atoms with Crippen LogP contribution in [0.15, 0.2) is 36.4 Å². The summed E-state index contributed by atoms with van der Waals surface area (Å²) in [5.74, 6) is -2.15. The van der Waals surface area contributed by atoms with Crippen LogP contribution in [-0.4, -0.2) is 34.4 Å². The molecule has 2 heterocycles. The Bertz CT molecular complexity index is 812. The van der Waals surface area contributed by atoms with Crippen LogP contribution in [0.2, 0.25) is 0 Å². The number of hydroxylamine groups is 2. The molecule has 0 N–H and O–H groups in total. The van der Waals surface area contributed by atoms with Crippen molar-refractivity contribution in [3.8, 4) is 5.88 Å². The number of rotatable bonds is 4. The van der Waals surface area contributed by atoms with Gasteiger partial charge in [-0.1, -0.05) is 17.2 Å². The lowest BCUT2D eigenvalue weighted by atomic mass is 10.1. The van der Waals surface area contributed by atoms with E-state index in [0.717, 1.165) is 0 Å². The average molecular weight is 326 g/mol. The zero-order valence-corrected chi connectivity index (χ0v) is 13.1.